The van der Waals surface area contributed by atoms with E-state index < -0.39 is 21.8 Å². The number of carbonyl (C=O) groups is 2. The molecule has 0 atom stereocenters. The van der Waals surface area contributed by atoms with Crippen LogP contribution < -0.4 is 15.4 Å². The third-order valence-corrected chi connectivity index (χ3v) is 5.16. The Bertz CT molecular complexity index is 937. The molecule has 2 amide bonds. The van der Waals surface area contributed by atoms with Crippen molar-refractivity contribution in [2.45, 2.75) is 24.8 Å². The van der Waals surface area contributed by atoms with E-state index in [-0.39, 0.29) is 23.5 Å². The second kappa shape index (κ2) is 6.66. The van der Waals surface area contributed by atoms with Gasteiger partial charge in [-0.15, -0.1) is 0 Å². The Kier molecular flexibility index (Phi) is 4.56. The van der Waals surface area contributed by atoms with Gasteiger partial charge in [-0.05, 0) is 30.7 Å². The summed E-state index contributed by atoms with van der Waals surface area (Å²) in [6, 6.07) is 11.7. The second-order valence-corrected chi connectivity index (χ2v) is 7.56. The number of amides is 2. The van der Waals surface area contributed by atoms with Crippen molar-refractivity contribution in [2.75, 3.05) is 10.6 Å². The fraction of sp³-hybridized carbons (Fsp3) is 0.176. The molecule has 0 aliphatic carbocycles. The molecule has 0 bridgehead atoms. The summed E-state index contributed by atoms with van der Waals surface area (Å²) in [7, 11) is -3.76. The van der Waals surface area contributed by atoms with Gasteiger partial charge in [0.2, 0.25) is 21.8 Å². The molecule has 3 N–H and O–H groups in total. The van der Waals surface area contributed by atoms with Gasteiger partial charge in [-0.1, -0.05) is 29.8 Å². The van der Waals surface area contributed by atoms with E-state index in [1.165, 1.54) is 18.2 Å². The predicted molar refractivity (Wildman–Crippen MR) is 93.5 cm³/mol. The Morgan fingerprint density at radius 2 is 1.60 bits per heavy atom. The first-order valence-corrected chi connectivity index (χ1v) is 9.11. The zero-order valence-corrected chi connectivity index (χ0v) is 14.3. The summed E-state index contributed by atoms with van der Waals surface area (Å²) >= 11 is 0. The highest BCUT2D eigenvalue weighted by molar-refractivity contribution is 7.89. The number of rotatable bonds is 4. The van der Waals surface area contributed by atoms with Crippen molar-refractivity contribution in [3.8, 4) is 0 Å². The molecule has 0 unspecified atom stereocenters. The zero-order valence-electron chi connectivity index (χ0n) is 13.5. The molecule has 0 radical (unpaired) electrons. The Morgan fingerprint density at radius 1 is 0.960 bits per heavy atom. The lowest BCUT2D eigenvalue weighted by Gasteiger charge is -2.11. The monoisotopic (exact) mass is 359 g/mol. The molecular formula is C17H17N3O4S. The lowest BCUT2D eigenvalue weighted by atomic mass is 10.2. The number of aryl methyl sites for hydroxylation is 1. The van der Waals surface area contributed by atoms with Gasteiger partial charge < -0.3 is 10.6 Å². The van der Waals surface area contributed by atoms with Crippen LogP contribution in [0.2, 0.25) is 0 Å². The molecule has 3 rings (SSSR count). The quantitative estimate of drug-likeness (QED) is 0.724. The molecule has 1 heterocycles. The molecule has 25 heavy (non-hydrogen) atoms. The largest absolute Gasteiger partial charge is 0.324 e. The Morgan fingerprint density at radius 3 is 2.28 bits per heavy atom. The summed E-state index contributed by atoms with van der Waals surface area (Å²) in [4.78, 5) is 23.1. The molecule has 1 aliphatic rings. The van der Waals surface area contributed by atoms with Gasteiger partial charge in [0.25, 0.3) is 0 Å². The minimum absolute atomic E-state index is 0.00908. The smallest absolute Gasteiger partial charge is 0.240 e. The number of benzene rings is 2. The topological polar surface area (TPSA) is 104 Å². The minimum Gasteiger partial charge on any atom is -0.324 e. The molecule has 0 saturated carbocycles. The first kappa shape index (κ1) is 17.1. The first-order valence-electron chi connectivity index (χ1n) is 7.62. The van der Waals surface area contributed by atoms with E-state index in [2.05, 4.69) is 15.4 Å². The first-order chi connectivity index (χ1) is 11.8. The maximum absolute atomic E-state index is 12.5. The van der Waals surface area contributed by atoms with Gasteiger partial charge in [0, 0.05) is 6.54 Å². The maximum atomic E-state index is 12.5. The fourth-order valence-electron chi connectivity index (χ4n) is 2.41. The number of sulfonamides is 1. The van der Waals surface area contributed by atoms with Crippen molar-refractivity contribution >= 4 is 33.2 Å². The minimum atomic E-state index is -3.76. The van der Waals surface area contributed by atoms with Crippen molar-refractivity contribution in [3.63, 3.8) is 0 Å². The molecule has 7 nitrogen and oxygen atoms in total. The van der Waals surface area contributed by atoms with Crippen molar-refractivity contribution in [3.05, 3.63) is 53.6 Å². The number of anilines is 2. The SMILES string of the molecule is Cc1ccc(CNS(=O)(=O)c2ccc3c(c2)NC(=O)CC(=O)N3)cc1. The normalized spacial score (nSPS) is 14.3. The van der Waals surface area contributed by atoms with Crippen LogP contribution in [0.5, 0.6) is 0 Å². The van der Waals surface area contributed by atoms with E-state index in [0.717, 1.165) is 11.1 Å². The molecule has 2 aromatic rings. The van der Waals surface area contributed by atoms with Gasteiger partial charge in [-0.25, -0.2) is 13.1 Å². The summed E-state index contributed by atoms with van der Waals surface area (Å²) in [5.74, 6) is -0.928. The Labute approximate surface area is 145 Å². The molecule has 8 heteroatoms. The maximum Gasteiger partial charge on any atom is 0.240 e. The van der Waals surface area contributed by atoms with Crippen LogP contribution in [0.15, 0.2) is 47.4 Å². The number of fused-ring (bicyclic) bond motifs is 1. The Balaban J connectivity index is 1.81. The second-order valence-electron chi connectivity index (χ2n) is 5.79. The highest BCUT2D eigenvalue weighted by Crippen LogP contribution is 2.27. The fourth-order valence-corrected chi connectivity index (χ4v) is 3.45. The van der Waals surface area contributed by atoms with Gasteiger partial charge in [0.05, 0.1) is 16.3 Å². The van der Waals surface area contributed by atoms with Crippen LogP contribution in [0.1, 0.15) is 17.5 Å². The summed E-state index contributed by atoms with van der Waals surface area (Å²) in [5.41, 5.74) is 2.56. The lowest BCUT2D eigenvalue weighted by Crippen LogP contribution is -2.23. The molecular weight excluding hydrogens is 342 g/mol. The van der Waals surface area contributed by atoms with E-state index in [4.69, 9.17) is 0 Å². The summed E-state index contributed by atoms with van der Waals surface area (Å²) < 4.78 is 27.5. The average molecular weight is 359 g/mol. The molecule has 0 saturated heterocycles. The van der Waals surface area contributed by atoms with Gasteiger partial charge >= 0.3 is 0 Å². The predicted octanol–water partition coefficient (Wildman–Crippen LogP) is 1.75. The molecule has 2 aromatic carbocycles. The van der Waals surface area contributed by atoms with Gasteiger partial charge in [0.1, 0.15) is 6.42 Å². The zero-order chi connectivity index (χ0) is 18.0. The average Bonchev–Trinajstić information content (AvgIpc) is 2.69. The van der Waals surface area contributed by atoms with Crippen LogP contribution in [0.3, 0.4) is 0 Å². The highest BCUT2D eigenvalue weighted by Gasteiger charge is 2.21. The van der Waals surface area contributed by atoms with Gasteiger partial charge in [0.15, 0.2) is 0 Å². The Hall–Kier alpha value is -2.71. The third kappa shape index (κ3) is 4.04. The standard InChI is InChI=1S/C17H17N3O4S/c1-11-2-4-12(5-3-11)10-18-25(23,24)13-6-7-14-15(8-13)20-17(22)9-16(21)19-14/h2-8,18H,9-10H2,1H3,(H,19,21)(H,20,22). The summed E-state index contributed by atoms with van der Waals surface area (Å²) in [5, 5.41) is 5.09. The number of nitrogens with one attached hydrogen (secondary N) is 3. The van der Waals surface area contributed by atoms with Crippen molar-refractivity contribution in [2.24, 2.45) is 0 Å². The van der Waals surface area contributed by atoms with Crippen LogP contribution in [0.25, 0.3) is 0 Å². The van der Waals surface area contributed by atoms with Crippen LogP contribution >= 0.6 is 0 Å². The summed E-state index contributed by atoms with van der Waals surface area (Å²) in [6.45, 7) is 2.11. The number of carbonyl (C=O) groups excluding carboxylic acids is 2. The molecule has 1 aliphatic heterocycles. The van der Waals surface area contributed by atoms with Crippen molar-refractivity contribution in [1.82, 2.24) is 4.72 Å². The third-order valence-electron chi connectivity index (χ3n) is 3.76. The number of hydrogen-bond acceptors (Lipinski definition) is 4. The van der Waals surface area contributed by atoms with E-state index in [1.54, 1.807) is 0 Å². The van der Waals surface area contributed by atoms with Crippen molar-refractivity contribution < 1.29 is 18.0 Å². The summed E-state index contributed by atoms with van der Waals surface area (Å²) in [6.07, 6.45) is -0.303. The molecule has 0 fully saturated rings. The molecule has 130 valence electrons. The highest BCUT2D eigenvalue weighted by atomic mass is 32.2. The van der Waals surface area contributed by atoms with Gasteiger partial charge in [-0.2, -0.15) is 0 Å². The van der Waals surface area contributed by atoms with E-state index >= 15 is 0 Å². The lowest BCUT2D eigenvalue weighted by molar-refractivity contribution is -0.123. The molecule has 0 spiro atoms. The van der Waals surface area contributed by atoms with E-state index in [9.17, 15) is 18.0 Å². The van der Waals surface area contributed by atoms with Crippen LogP contribution in [-0.4, -0.2) is 20.2 Å². The number of hydrogen-bond donors (Lipinski definition) is 3. The van der Waals surface area contributed by atoms with Crippen LogP contribution in [-0.2, 0) is 26.2 Å². The van der Waals surface area contributed by atoms with Crippen LogP contribution in [0, 0.1) is 6.92 Å². The van der Waals surface area contributed by atoms with Crippen LogP contribution in [0.4, 0.5) is 11.4 Å². The van der Waals surface area contributed by atoms with E-state index in [1.807, 2.05) is 31.2 Å². The van der Waals surface area contributed by atoms with Crippen molar-refractivity contribution in [1.29, 1.82) is 0 Å². The van der Waals surface area contributed by atoms with E-state index in [0.29, 0.717) is 5.69 Å². The molecule has 0 aromatic heterocycles. The van der Waals surface area contributed by atoms with Gasteiger partial charge in [-0.3, -0.25) is 9.59 Å².